The minimum Gasteiger partial charge on any atom is -0.493 e. The zero-order valence-electron chi connectivity index (χ0n) is 12.8. The summed E-state index contributed by atoms with van der Waals surface area (Å²) in [6.07, 6.45) is 8.08. The van der Waals surface area contributed by atoms with Crippen molar-refractivity contribution in [2.45, 2.75) is 63.5 Å². The average Bonchev–Trinajstić information content (AvgIpc) is 3.31. The van der Waals surface area contributed by atoms with Crippen molar-refractivity contribution in [2.75, 3.05) is 6.61 Å². The minimum atomic E-state index is -0.463. The van der Waals surface area contributed by atoms with Crippen LogP contribution in [0, 0.1) is 11.3 Å². The molecule has 1 fully saturated rings. The second-order valence-electron chi connectivity index (χ2n) is 6.60. The Balaban J connectivity index is 1.53. The number of nitrogens with one attached hydrogen (secondary N) is 1. The summed E-state index contributed by atoms with van der Waals surface area (Å²) in [6.45, 7) is 2.56. The van der Waals surface area contributed by atoms with Crippen LogP contribution in [-0.4, -0.2) is 18.2 Å². The molecule has 0 heterocycles. The SMILES string of the molecule is CC(C#N)(CCOc1ccc2c(c1)CCCC2)NC1CC1. The summed E-state index contributed by atoms with van der Waals surface area (Å²) in [6, 6.07) is 9.40. The van der Waals surface area contributed by atoms with E-state index in [9.17, 15) is 5.26 Å². The summed E-state index contributed by atoms with van der Waals surface area (Å²) in [5.41, 5.74) is 2.46. The molecule has 0 amide bonds. The lowest BCUT2D eigenvalue weighted by Gasteiger charge is -2.23. The van der Waals surface area contributed by atoms with Gasteiger partial charge < -0.3 is 4.74 Å². The fourth-order valence-electron chi connectivity index (χ4n) is 3.01. The van der Waals surface area contributed by atoms with E-state index in [1.165, 1.54) is 49.7 Å². The fourth-order valence-corrected chi connectivity index (χ4v) is 3.01. The van der Waals surface area contributed by atoms with Gasteiger partial charge in [0.05, 0.1) is 12.7 Å². The number of fused-ring (bicyclic) bond motifs is 1. The van der Waals surface area contributed by atoms with Gasteiger partial charge in [0, 0.05) is 12.5 Å². The van der Waals surface area contributed by atoms with Crippen molar-refractivity contribution in [3.63, 3.8) is 0 Å². The van der Waals surface area contributed by atoms with E-state index < -0.39 is 5.54 Å². The molecule has 2 aliphatic rings. The lowest BCUT2D eigenvalue weighted by molar-refractivity contribution is 0.265. The monoisotopic (exact) mass is 284 g/mol. The Morgan fingerprint density at radius 2 is 2.05 bits per heavy atom. The van der Waals surface area contributed by atoms with Gasteiger partial charge in [0.1, 0.15) is 11.3 Å². The van der Waals surface area contributed by atoms with E-state index in [1.807, 2.05) is 6.92 Å². The van der Waals surface area contributed by atoms with Crippen molar-refractivity contribution in [3.05, 3.63) is 29.3 Å². The number of nitriles is 1. The highest BCUT2D eigenvalue weighted by atomic mass is 16.5. The summed E-state index contributed by atoms with van der Waals surface area (Å²) in [5, 5.41) is 12.8. The Hall–Kier alpha value is -1.53. The van der Waals surface area contributed by atoms with Gasteiger partial charge in [-0.1, -0.05) is 6.07 Å². The maximum atomic E-state index is 9.35. The molecule has 112 valence electrons. The van der Waals surface area contributed by atoms with Gasteiger partial charge >= 0.3 is 0 Å². The number of rotatable bonds is 6. The number of ether oxygens (including phenoxy) is 1. The molecular weight excluding hydrogens is 260 g/mol. The molecule has 1 aromatic rings. The Kier molecular flexibility index (Phi) is 4.17. The normalized spacial score (nSPS) is 20.2. The molecule has 0 spiro atoms. The number of aryl methyl sites for hydroxylation is 2. The Morgan fingerprint density at radius 1 is 1.29 bits per heavy atom. The van der Waals surface area contributed by atoms with Crippen LogP contribution in [0.5, 0.6) is 5.75 Å². The second-order valence-corrected chi connectivity index (χ2v) is 6.60. The average molecular weight is 284 g/mol. The van der Waals surface area contributed by atoms with Crippen molar-refractivity contribution in [2.24, 2.45) is 0 Å². The quantitative estimate of drug-likeness (QED) is 0.871. The molecule has 1 saturated carbocycles. The molecule has 3 heteroatoms. The highest BCUT2D eigenvalue weighted by Crippen LogP contribution is 2.26. The summed E-state index contributed by atoms with van der Waals surface area (Å²) in [7, 11) is 0. The highest BCUT2D eigenvalue weighted by molar-refractivity contribution is 5.37. The van der Waals surface area contributed by atoms with Gasteiger partial charge in [-0.2, -0.15) is 5.26 Å². The number of hydrogen-bond acceptors (Lipinski definition) is 3. The molecule has 0 radical (unpaired) electrons. The molecule has 2 aliphatic carbocycles. The Morgan fingerprint density at radius 3 is 2.76 bits per heavy atom. The van der Waals surface area contributed by atoms with Gasteiger partial charge in [0.2, 0.25) is 0 Å². The van der Waals surface area contributed by atoms with Crippen LogP contribution in [0.1, 0.15) is 50.2 Å². The first-order valence-corrected chi connectivity index (χ1v) is 8.12. The van der Waals surface area contributed by atoms with Gasteiger partial charge in [0.25, 0.3) is 0 Å². The van der Waals surface area contributed by atoms with Crippen molar-refractivity contribution >= 4 is 0 Å². The first kappa shape index (κ1) is 14.4. The summed E-state index contributed by atoms with van der Waals surface area (Å²) < 4.78 is 5.88. The minimum absolute atomic E-state index is 0.463. The van der Waals surface area contributed by atoms with E-state index in [-0.39, 0.29) is 0 Å². The molecule has 3 rings (SSSR count). The van der Waals surface area contributed by atoms with Crippen LogP contribution < -0.4 is 10.1 Å². The van der Waals surface area contributed by atoms with Crippen molar-refractivity contribution in [1.82, 2.24) is 5.32 Å². The third kappa shape index (κ3) is 3.77. The zero-order valence-corrected chi connectivity index (χ0v) is 12.8. The van der Waals surface area contributed by atoms with Crippen LogP contribution in [-0.2, 0) is 12.8 Å². The summed E-state index contributed by atoms with van der Waals surface area (Å²) in [5.74, 6) is 0.947. The third-order valence-corrected chi connectivity index (χ3v) is 4.54. The number of benzene rings is 1. The number of nitrogens with zero attached hydrogens (tertiary/aromatic N) is 1. The molecule has 1 N–H and O–H groups in total. The van der Waals surface area contributed by atoms with E-state index in [4.69, 9.17) is 4.74 Å². The fraction of sp³-hybridized carbons (Fsp3) is 0.611. The molecule has 1 aromatic carbocycles. The molecule has 21 heavy (non-hydrogen) atoms. The number of hydrogen-bond donors (Lipinski definition) is 1. The Labute approximate surface area is 127 Å². The maximum Gasteiger partial charge on any atom is 0.119 e. The molecule has 0 aromatic heterocycles. The first-order chi connectivity index (χ1) is 10.2. The van der Waals surface area contributed by atoms with E-state index in [2.05, 4.69) is 29.6 Å². The summed E-state index contributed by atoms with van der Waals surface area (Å²) >= 11 is 0. The van der Waals surface area contributed by atoms with E-state index in [0.29, 0.717) is 12.6 Å². The molecule has 3 nitrogen and oxygen atoms in total. The van der Waals surface area contributed by atoms with Crippen LogP contribution in [0.4, 0.5) is 0 Å². The molecule has 1 atom stereocenters. The lowest BCUT2D eigenvalue weighted by Crippen LogP contribution is -2.43. The summed E-state index contributed by atoms with van der Waals surface area (Å²) in [4.78, 5) is 0. The first-order valence-electron chi connectivity index (χ1n) is 8.12. The van der Waals surface area contributed by atoms with Gasteiger partial charge in [0.15, 0.2) is 0 Å². The van der Waals surface area contributed by atoms with Crippen molar-refractivity contribution in [3.8, 4) is 11.8 Å². The van der Waals surface area contributed by atoms with Gasteiger partial charge in [-0.15, -0.1) is 0 Å². The molecule has 0 saturated heterocycles. The largest absolute Gasteiger partial charge is 0.493 e. The van der Waals surface area contributed by atoms with Crippen LogP contribution in [0.25, 0.3) is 0 Å². The molecule has 1 unspecified atom stereocenters. The van der Waals surface area contributed by atoms with E-state index in [0.717, 1.165) is 12.2 Å². The molecular formula is C18H24N2O. The predicted molar refractivity (Wildman–Crippen MR) is 83.4 cm³/mol. The maximum absolute atomic E-state index is 9.35. The lowest BCUT2D eigenvalue weighted by atomic mass is 9.92. The van der Waals surface area contributed by atoms with Crippen LogP contribution >= 0.6 is 0 Å². The van der Waals surface area contributed by atoms with Crippen LogP contribution in [0.2, 0.25) is 0 Å². The predicted octanol–water partition coefficient (Wildman–Crippen LogP) is 3.37. The second kappa shape index (κ2) is 6.07. The van der Waals surface area contributed by atoms with Crippen molar-refractivity contribution < 1.29 is 4.74 Å². The highest BCUT2D eigenvalue weighted by Gasteiger charge is 2.32. The van der Waals surface area contributed by atoms with Gasteiger partial charge in [-0.05, 0) is 68.7 Å². The molecule has 0 aliphatic heterocycles. The van der Waals surface area contributed by atoms with Crippen molar-refractivity contribution in [1.29, 1.82) is 5.26 Å². The van der Waals surface area contributed by atoms with Crippen LogP contribution in [0.3, 0.4) is 0 Å². The molecule has 0 bridgehead atoms. The smallest absolute Gasteiger partial charge is 0.119 e. The topological polar surface area (TPSA) is 45.0 Å². The van der Waals surface area contributed by atoms with E-state index >= 15 is 0 Å². The Bertz CT molecular complexity index is 545. The van der Waals surface area contributed by atoms with Gasteiger partial charge in [-0.3, -0.25) is 5.32 Å². The standard InChI is InChI=1S/C18H24N2O/c1-18(13-19,20-16-7-8-16)10-11-21-17-9-6-14-4-2-3-5-15(14)12-17/h6,9,12,16,20H,2-5,7-8,10-11H2,1H3. The zero-order chi connectivity index (χ0) is 14.7. The van der Waals surface area contributed by atoms with Gasteiger partial charge in [-0.25, -0.2) is 0 Å². The third-order valence-electron chi connectivity index (χ3n) is 4.54. The van der Waals surface area contributed by atoms with Crippen LogP contribution in [0.15, 0.2) is 18.2 Å². The van der Waals surface area contributed by atoms with E-state index in [1.54, 1.807) is 0 Å².